The maximum absolute atomic E-state index is 12.9. The molecule has 1 aliphatic carbocycles. The van der Waals surface area contributed by atoms with Gasteiger partial charge in [-0.1, -0.05) is 48.5 Å². The molecule has 1 aromatic heterocycles. The Morgan fingerprint density at radius 2 is 1.77 bits per heavy atom. The average molecular weight is 399 g/mol. The molecule has 152 valence electrons. The predicted molar refractivity (Wildman–Crippen MR) is 116 cm³/mol. The maximum Gasteiger partial charge on any atom is 0.409 e. The molecule has 2 aromatic carbocycles. The molecule has 0 bridgehead atoms. The lowest BCUT2D eigenvalue weighted by atomic mass is 9.98. The first kappa shape index (κ1) is 18.8. The van der Waals surface area contributed by atoms with Crippen molar-refractivity contribution >= 4 is 6.09 Å². The van der Waals surface area contributed by atoms with Gasteiger partial charge in [0.2, 0.25) is 0 Å². The van der Waals surface area contributed by atoms with Crippen LogP contribution in [0, 0.1) is 6.92 Å². The smallest absolute Gasteiger partial charge is 0.409 e. The van der Waals surface area contributed by atoms with E-state index in [0.29, 0.717) is 19.7 Å². The van der Waals surface area contributed by atoms with E-state index >= 15 is 0 Å². The summed E-state index contributed by atoms with van der Waals surface area (Å²) < 4.78 is 5.84. The topological polar surface area (TPSA) is 54.5 Å². The van der Waals surface area contributed by atoms with Crippen LogP contribution in [0.3, 0.4) is 0 Å². The zero-order valence-corrected chi connectivity index (χ0v) is 17.0. The summed E-state index contributed by atoms with van der Waals surface area (Å²) in [6.45, 7) is 4.40. The molecule has 30 heavy (non-hydrogen) atoms. The quantitative estimate of drug-likeness (QED) is 0.714. The van der Waals surface area contributed by atoms with Gasteiger partial charge in [0.1, 0.15) is 6.61 Å². The third-order valence-corrected chi connectivity index (χ3v) is 6.22. The van der Waals surface area contributed by atoms with Crippen LogP contribution >= 0.6 is 0 Å². The number of carbonyl (C=O) groups excluding carboxylic acids is 1. The first-order chi connectivity index (χ1) is 14.7. The number of carbonyl (C=O) groups is 1. The molecule has 5 heteroatoms. The highest BCUT2D eigenvalue weighted by atomic mass is 16.6. The predicted octanol–water partition coefficient (Wildman–Crippen LogP) is 4.29. The summed E-state index contributed by atoms with van der Waals surface area (Å²) in [5.41, 5.74) is 7.25. The van der Waals surface area contributed by atoms with E-state index in [0.717, 1.165) is 12.1 Å². The maximum atomic E-state index is 12.9. The molecule has 0 saturated carbocycles. The number of amides is 1. The summed E-state index contributed by atoms with van der Waals surface area (Å²) >= 11 is 0. The minimum atomic E-state index is -0.245. The summed E-state index contributed by atoms with van der Waals surface area (Å²) in [6.07, 6.45) is 3.43. The second kappa shape index (κ2) is 7.92. The molecular formula is C25H25N3O2. The molecule has 0 radical (unpaired) electrons. The van der Waals surface area contributed by atoms with E-state index in [1.165, 1.54) is 27.8 Å². The molecule has 1 N–H and O–H groups in total. The largest absolute Gasteiger partial charge is 0.448 e. The van der Waals surface area contributed by atoms with Crippen molar-refractivity contribution < 1.29 is 9.53 Å². The van der Waals surface area contributed by atoms with Crippen molar-refractivity contribution in [2.45, 2.75) is 18.9 Å². The lowest BCUT2D eigenvalue weighted by Crippen LogP contribution is -2.48. The third-order valence-electron chi connectivity index (χ3n) is 6.22. The summed E-state index contributed by atoms with van der Waals surface area (Å²) in [6, 6.07) is 18.9. The molecule has 1 atom stereocenters. The Labute approximate surface area is 176 Å². The van der Waals surface area contributed by atoms with Crippen LogP contribution in [0.4, 0.5) is 4.79 Å². The van der Waals surface area contributed by atoms with Crippen LogP contribution in [0.5, 0.6) is 0 Å². The minimum absolute atomic E-state index is 0.0768. The molecular weight excluding hydrogens is 374 g/mol. The number of aromatic nitrogens is 1. The van der Waals surface area contributed by atoms with Gasteiger partial charge in [0, 0.05) is 37.9 Å². The number of nitrogens with one attached hydrogen (secondary N) is 1. The molecule has 2 aliphatic rings. The normalized spacial score (nSPS) is 18.0. The molecule has 5 nitrogen and oxygen atoms in total. The van der Waals surface area contributed by atoms with Gasteiger partial charge >= 0.3 is 6.09 Å². The number of hydrogen-bond acceptors (Lipinski definition) is 4. The first-order valence-electron chi connectivity index (χ1n) is 10.5. The Balaban J connectivity index is 1.29. The van der Waals surface area contributed by atoms with Crippen molar-refractivity contribution in [3.8, 4) is 11.1 Å². The Kier molecular flexibility index (Phi) is 4.97. The van der Waals surface area contributed by atoms with Crippen molar-refractivity contribution in [3.05, 3.63) is 89.2 Å². The van der Waals surface area contributed by atoms with Crippen LogP contribution in [0.25, 0.3) is 11.1 Å². The second-order valence-electron chi connectivity index (χ2n) is 7.99. The number of nitrogens with zero attached hydrogens (tertiary/aromatic N) is 2. The van der Waals surface area contributed by atoms with Gasteiger partial charge in [0.15, 0.2) is 0 Å². The zero-order chi connectivity index (χ0) is 20.5. The fourth-order valence-electron chi connectivity index (χ4n) is 4.65. The van der Waals surface area contributed by atoms with Crippen molar-refractivity contribution in [2.24, 2.45) is 0 Å². The molecule has 1 unspecified atom stereocenters. The molecule has 0 spiro atoms. The number of benzene rings is 2. The summed E-state index contributed by atoms with van der Waals surface area (Å²) in [5, 5.41) is 3.49. The molecule has 1 fully saturated rings. The summed E-state index contributed by atoms with van der Waals surface area (Å²) in [7, 11) is 0. The summed E-state index contributed by atoms with van der Waals surface area (Å²) in [4.78, 5) is 19.0. The van der Waals surface area contributed by atoms with Crippen LogP contribution < -0.4 is 5.32 Å². The Bertz CT molecular complexity index is 1040. The van der Waals surface area contributed by atoms with E-state index in [9.17, 15) is 4.79 Å². The number of pyridine rings is 1. The fraction of sp³-hybridized carbons (Fsp3) is 0.280. The number of fused-ring (bicyclic) bond motifs is 3. The fourth-order valence-corrected chi connectivity index (χ4v) is 4.65. The number of rotatable bonds is 3. The van der Waals surface area contributed by atoms with Crippen LogP contribution in [-0.2, 0) is 4.74 Å². The summed E-state index contributed by atoms with van der Waals surface area (Å²) in [5.74, 6) is 0.0839. The van der Waals surface area contributed by atoms with E-state index in [1.807, 2.05) is 12.3 Å². The number of aryl methyl sites for hydroxylation is 1. The molecule has 5 rings (SSSR count). The Morgan fingerprint density at radius 1 is 1.07 bits per heavy atom. The molecule has 1 aliphatic heterocycles. The lowest BCUT2D eigenvalue weighted by Gasteiger charge is -2.34. The van der Waals surface area contributed by atoms with Crippen molar-refractivity contribution in [2.75, 3.05) is 26.2 Å². The van der Waals surface area contributed by atoms with Gasteiger partial charge in [0.05, 0.1) is 6.04 Å². The highest BCUT2D eigenvalue weighted by Crippen LogP contribution is 2.44. The van der Waals surface area contributed by atoms with E-state index in [4.69, 9.17) is 4.74 Å². The van der Waals surface area contributed by atoms with Gasteiger partial charge < -0.3 is 15.0 Å². The van der Waals surface area contributed by atoms with Gasteiger partial charge in [0.25, 0.3) is 0 Å². The lowest BCUT2D eigenvalue weighted by molar-refractivity contribution is 0.0882. The van der Waals surface area contributed by atoms with Gasteiger partial charge in [-0.2, -0.15) is 0 Å². The molecule has 3 aromatic rings. The Hall–Kier alpha value is -3.18. The van der Waals surface area contributed by atoms with E-state index < -0.39 is 0 Å². The van der Waals surface area contributed by atoms with Crippen molar-refractivity contribution in [1.82, 2.24) is 15.2 Å². The van der Waals surface area contributed by atoms with Gasteiger partial charge in [-0.3, -0.25) is 4.98 Å². The standard InChI is InChI=1S/C25H25N3O2/c1-17-10-11-26-14-22(17)24-15-28(13-12-27-24)25(29)30-16-23-20-8-4-2-6-18(20)19-7-3-5-9-21(19)23/h2-11,14,23-24,27H,12-13,15-16H2,1H3. The molecule has 1 amide bonds. The van der Waals surface area contributed by atoms with Gasteiger partial charge in [-0.05, 0) is 46.4 Å². The number of hydrogen-bond donors (Lipinski definition) is 1. The highest BCUT2D eigenvalue weighted by Gasteiger charge is 2.31. The van der Waals surface area contributed by atoms with Crippen molar-refractivity contribution in [3.63, 3.8) is 0 Å². The second-order valence-corrected chi connectivity index (χ2v) is 7.99. The Morgan fingerprint density at radius 3 is 2.47 bits per heavy atom. The van der Waals surface area contributed by atoms with E-state index in [1.54, 1.807) is 11.1 Å². The van der Waals surface area contributed by atoms with E-state index in [2.05, 4.69) is 65.8 Å². The number of ether oxygens (including phenoxy) is 1. The van der Waals surface area contributed by atoms with E-state index in [-0.39, 0.29) is 18.1 Å². The van der Waals surface area contributed by atoms with Crippen LogP contribution in [0.15, 0.2) is 67.0 Å². The van der Waals surface area contributed by atoms with Crippen LogP contribution in [-0.4, -0.2) is 42.2 Å². The molecule has 2 heterocycles. The highest BCUT2D eigenvalue weighted by molar-refractivity contribution is 5.79. The van der Waals surface area contributed by atoms with Gasteiger partial charge in [-0.15, -0.1) is 0 Å². The van der Waals surface area contributed by atoms with Crippen LogP contribution in [0.1, 0.15) is 34.2 Å². The average Bonchev–Trinajstić information content (AvgIpc) is 3.12. The number of piperazine rings is 1. The zero-order valence-electron chi connectivity index (χ0n) is 17.0. The third kappa shape index (κ3) is 3.35. The first-order valence-corrected chi connectivity index (χ1v) is 10.5. The van der Waals surface area contributed by atoms with Crippen molar-refractivity contribution in [1.29, 1.82) is 0 Å². The molecule has 1 saturated heterocycles. The SMILES string of the molecule is Cc1ccncc1C1CN(C(=O)OCC2c3ccccc3-c3ccccc32)CCN1. The van der Waals surface area contributed by atoms with Gasteiger partial charge in [-0.25, -0.2) is 4.79 Å². The van der Waals surface area contributed by atoms with Crippen LogP contribution in [0.2, 0.25) is 0 Å². The minimum Gasteiger partial charge on any atom is -0.448 e. The monoisotopic (exact) mass is 399 g/mol.